The third-order valence-electron chi connectivity index (χ3n) is 3.13. The normalized spacial score (nSPS) is 18.8. The van der Waals surface area contributed by atoms with Crippen molar-refractivity contribution in [3.63, 3.8) is 0 Å². The zero-order valence-electron chi connectivity index (χ0n) is 8.73. The third-order valence-corrected chi connectivity index (χ3v) is 3.48. The fraction of sp³-hybridized carbons (Fsp3) is 0.417. The lowest BCUT2D eigenvalue weighted by atomic mass is 9.71. The first kappa shape index (κ1) is 10.6. The number of Topliss-reactive ketones (excluding diaryl/α,β-unsaturated/α-hetero) is 1. The predicted molar refractivity (Wildman–Crippen MR) is 57.8 cm³/mol. The van der Waals surface area contributed by atoms with Gasteiger partial charge in [-0.1, -0.05) is 11.6 Å². The molecule has 15 heavy (non-hydrogen) atoms. The summed E-state index contributed by atoms with van der Waals surface area (Å²) in [5.41, 5.74) is 0.523. The Morgan fingerprint density at radius 3 is 2.67 bits per heavy atom. The van der Waals surface area contributed by atoms with Gasteiger partial charge >= 0.3 is 0 Å². The number of halogens is 2. The molecule has 1 aliphatic rings. The lowest BCUT2D eigenvalue weighted by Crippen LogP contribution is -2.35. The van der Waals surface area contributed by atoms with Crippen molar-refractivity contribution in [2.45, 2.75) is 32.1 Å². The van der Waals surface area contributed by atoms with Gasteiger partial charge in [-0.25, -0.2) is 4.39 Å². The molecule has 0 heterocycles. The first-order valence-corrected chi connectivity index (χ1v) is 5.33. The maximum Gasteiger partial charge on any atom is 0.143 e. The van der Waals surface area contributed by atoms with Crippen LogP contribution in [0.3, 0.4) is 0 Å². The molecule has 2 rings (SSSR count). The van der Waals surface area contributed by atoms with Crippen LogP contribution in [0.15, 0.2) is 12.1 Å². The minimum atomic E-state index is -0.747. The third kappa shape index (κ3) is 1.48. The SMILES string of the molecule is CC1(C)C(=O)CCc2c(Cl)ccc(F)c21. The Hall–Kier alpha value is -0.890. The Morgan fingerprint density at radius 1 is 1.33 bits per heavy atom. The smallest absolute Gasteiger partial charge is 0.143 e. The maximum atomic E-state index is 13.7. The van der Waals surface area contributed by atoms with Crippen LogP contribution in [0.4, 0.5) is 4.39 Å². The van der Waals surface area contributed by atoms with E-state index in [1.54, 1.807) is 19.9 Å². The average molecular weight is 227 g/mol. The number of hydrogen-bond donors (Lipinski definition) is 0. The van der Waals surface area contributed by atoms with Gasteiger partial charge in [0.2, 0.25) is 0 Å². The molecule has 0 aromatic heterocycles. The van der Waals surface area contributed by atoms with Crippen LogP contribution >= 0.6 is 11.6 Å². The lowest BCUT2D eigenvalue weighted by molar-refractivity contribution is -0.124. The summed E-state index contributed by atoms with van der Waals surface area (Å²) < 4.78 is 13.7. The van der Waals surface area contributed by atoms with E-state index in [2.05, 4.69) is 0 Å². The highest BCUT2D eigenvalue weighted by atomic mass is 35.5. The van der Waals surface area contributed by atoms with E-state index in [0.29, 0.717) is 23.4 Å². The van der Waals surface area contributed by atoms with Crippen LogP contribution in [0.1, 0.15) is 31.4 Å². The number of rotatable bonds is 0. The molecule has 1 aromatic carbocycles. The molecule has 1 aromatic rings. The summed E-state index contributed by atoms with van der Waals surface area (Å²) in [6.45, 7) is 3.51. The Morgan fingerprint density at radius 2 is 2.00 bits per heavy atom. The number of carbonyl (C=O) groups is 1. The largest absolute Gasteiger partial charge is 0.299 e. The van der Waals surface area contributed by atoms with Gasteiger partial charge in [0.05, 0.1) is 5.41 Å². The highest BCUT2D eigenvalue weighted by molar-refractivity contribution is 6.31. The van der Waals surface area contributed by atoms with Crippen LogP contribution in [0, 0.1) is 5.82 Å². The summed E-state index contributed by atoms with van der Waals surface area (Å²) >= 11 is 6.01. The number of fused-ring (bicyclic) bond motifs is 1. The second kappa shape index (κ2) is 3.31. The Kier molecular flexibility index (Phi) is 2.34. The van der Waals surface area contributed by atoms with Crippen LogP contribution in [-0.2, 0) is 16.6 Å². The second-order valence-corrected chi connectivity index (χ2v) is 4.84. The highest BCUT2D eigenvalue weighted by Gasteiger charge is 2.38. The zero-order chi connectivity index (χ0) is 11.2. The average Bonchev–Trinajstić information content (AvgIpc) is 2.16. The predicted octanol–water partition coefficient (Wildman–Crippen LogP) is 3.27. The van der Waals surface area contributed by atoms with E-state index in [9.17, 15) is 9.18 Å². The van der Waals surface area contributed by atoms with E-state index in [4.69, 9.17) is 11.6 Å². The van der Waals surface area contributed by atoms with Gasteiger partial charge in [0.1, 0.15) is 11.6 Å². The molecule has 0 saturated heterocycles. The van der Waals surface area contributed by atoms with Gasteiger partial charge in [0, 0.05) is 17.0 Å². The lowest BCUT2D eigenvalue weighted by Gasteiger charge is -2.31. The number of benzene rings is 1. The maximum absolute atomic E-state index is 13.7. The second-order valence-electron chi connectivity index (χ2n) is 4.43. The fourth-order valence-corrected chi connectivity index (χ4v) is 2.46. The van der Waals surface area contributed by atoms with Gasteiger partial charge in [-0.15, -0.1) is 0 Å². The first-order valence-electron chi connectivity index (χ1n) is 4.95. The highest BCUT2D eigenvalue weighted by Crippen LogP contribution is 2.39. The van der Waals surface area contributed by atoms with Crippen molar-refractivity contribution in [2.75, 3.05) is 0 Å². The molecule has 0 unspecified atom stereocenters. The molecule has 0 radical (unpaired) electrons. The van der Waals surface area contributed by atoms with Crippen molar-refractivity contribution in [3.8, 4) is 0 Å². The van der Waals surface area contributed by atoms with Crippen molar-refractivity contribution in [1.82, 2.24) is 0 Å². The molecular formula is C12H12ClFO. The van der Waals surface area contributed by atoms with Crippen LogP contribution < -0.4 is 0 Å². The quantitative estimate of drug-likeness (QED) is 0.664. The summed E-state index contributed by atoms with van der Waals surface area (Å²) in [6, 6.07) is 2.89. The summed E-state index contributed by atoms with van der Waals surface area (Å²) in [4.78, 5) is 11.7. The van der Waals surface area contributed by atoms with E-state index in [1.807, 2.05) is 0 Å². The molecular weight excluding hydrogens is 215 g/mol. The van der Waals surface area contributed by atoms with Gasteiger partial charge < -0.3 is 0 Å². The van der Waals surface area contributed by atoms with Crippen LogP contribution in [0.25, 0.3) is 0 Å². The summed E-state index contributed by atoms with van der Waals surface area (Å²) in [5, 5.41) is 0.562. The minimum absolute atomic E-state index is 0.0798. The van der Waals surface area contributed by atoms with Crippen LogP contribution in [-0.4, -0.2) is 5.78 Å². The molecule has 0 fully saturated rings. The van der Waals surface area contributed by atoms with Crippen molar-refractivity contribution in [3.05, 3.63) is 34.1 Å². The number of ketones is 1. The molecule has 3 heteroatoms. The minimum Gasteiger partial charge on any atom is -0.299 e. The Balaban J connectivity index is 2.73. The Bertz CT molecular complexity index is 437. The van der Waals surface area contributed by atoms with E-state index in [1.165, 1.54) is 6.07 Å². The fourth-order valence-electron chi connectivity index (χ4n) is 2.20. The molecule has 1 nitrogen and oxygen atoms in total. The van der Waals surface area contributed by atoms with Crippen molar-refractivity contribution >= 4 is 17.4 Å². The number of hydrogen-bond acceptors (Lipinski definition) is 1. The summed E-state index contributed by atoms with van der Waals surface area (Å²) in [5.74, 6) is -0.247. The van der Waals surface area contributed by atoms with Gasteiger partial charge in [-0.2, -0.15) is 0 Å². The topological polar surface area (TPSA) is 17.1 Å². The molecule has 80 valence electrons. The Labute approximate surface area is 93.2 Å². The molecule has 0 amide bonds. The molecule has 0 atom stereocenters. The molecule has 0 bridgehead atoms. The molecule has 0 saturated carbocycles. The molecule has 0 N–H and O–H groups in total. The van der Waals surface area contributed by atoms with E-state index in [-0.39, 0.29) is 11.6 Å². The van der Waals surface area contributed by atoms with Crippen molar-refractivity contribution < 1.29 is 9.18 Å². The standard InChI is InChI=1S/C12H12ClFO/c1-12(2)10(15)6-3-7-8(13)4-5-9(14)11(7)12/h4-5H,3,6H2,1-2H3. The van der Waals surface area contributed by atoms with E-state index in [0.717, 1.165) is 5.56 Å². The van der Waals surface area contributed by atoms with Gasteiger partial charge in [-0.3, -0.25) is 4.79 Å². The van der Waals surface area contributed by atoms with Crippen LogP contribution in [0.5, 0.6) is 0 Å². The van der Waals surface area contributed by atoms with E-state index < -0.39 is 5.41 Å². The van der Waals surface area contributed by atoms with Gasteiger partial charge in [-0.05, 0) is 38.0 Å². The van der Waals surface area contributed by atoms with Gasteiger partial charge in [0.15, 0.2) is 0 Å². The monoisotopic (exact) mass is 226 g/mol. The van der Waals surface area contributed by atoms with Crippen molar-refractivity contribution in [1.29, 1.82) is 0 Å². The van der Waals surface area contributed by atoms with E-state index >= 15 is 0 Å². The molecule has 1 aliphatic carbocycles. The number of carbonyl (C=O) groups excluding carboxylic acids is 1. The molecule has 0 aliphatic heterocycles. The zero-order valence-corrected chi connectivity index (χ0v) is 9.49. The van der Waals surface area contributed by atoms with Gasteiger partial charge in [0.25, 0.3) is 0 Å². The van der Waals surface area contributed by atoms with Crippen molar-refractivity contribution in [2.24, 2.45) is 0 Å². The molecule has 0 spiro atoms. The summed E-state index contributed by atoms with van der Waals surface area (Å²) in [6.07, 6.45) is 0.997. The summed E-state index contributed by atoms with van der Waals surface area (Å²) in [7, 11) is 0. The van der Waals surface area contributed by atoms with Crippen LogP contribution in [0.2, 0.25) is 5.02 Å². The first-order chi connectivity index (χ1) is 6.94.